The lowest BCUT2D eigenvalue weighted by Crippen LogP contribution is -2.55. The van der Waals surface area contributed by atoms with Crippen LogP contribution in [0.1, 0.15) is 68.2 Å². The van der Waals surface area contributed by atoms with E-state index in [1.54, 1.807) is 25.1 Å². The summed E-state index contributed by atoms with van der Waals surface area (Å²) in [5.41, 5.74) is -2.17. The maximum absolute atomic E-state index is 14.4. The van der Waals surface area contributed by atoms with Crippen LogP contribution in [0.25, 0.3) is 10.8 Å². The molecule has 3 N–H and O–H groups in total. The number of aliphatic hydroxyl groups is 1. The topological polar surface area (TPSA) is 82.7 Å². The second kappa shape index (κ2) is 8.09. The van der Waals surface area contributed by atoms with Gasteiger partial charge in [-0.15, -0.1) is 0 Å². The Morgan fingerprint density at radius 1 is 1.21 bits per heavy atom. The normalized spacial score (nSPS) is 23.0. The highest BCUT2D eigenvalue weighted by Gasteiger charge is 2.62. The molecule has 5 nitrogen and oxygen atoms in total. The lowest BCUT2D eigenvalue weighted by atomic mass is 9.68. The van der Waals surface area contributed by atoms with Gasteiger partial charge in [-0.25, -0.2) is 4.79 Å². The van der Waals surface area contributed by atoms with Crippen molar-refractivity contribution < 1.29 is 27.8 Å². The predicted octanol–water partition coefficient (Wildman–Crippen LogP) is 5.97. The molecule has 0 spiro atoms. The van der Waals surface area contributed by atoms with E-state index >= 15 is 0 Å². The van der Waals surface area contributed by atoms with Crippen LogP contribution in [0.15, 0.2) is 51.9 Å². The van der Waals surface area contributed by atoms with Gasteiger partial charge >= 0.3 is 11.8 Å². The first-order valence-corrected chi connectivity index (χ1v) is 10.9. The molecular weight excluding hydrogens is 435 g/mol. The standard InChI is InChI=1S/C25H26F3NO4/c1-4-14-12-24(32,25(26,27)28)22(18-10-15(13(2)3)11-20(30)21(14)18)29-19-7-5-6-17-16(19)8-9-33-23(17)31/h5-11,13-14,22,29-30,32H,4,12H2,1-3H3/t14-,22+,24-/m1/s1. The first-order valence-electron chi connectivity index (χ1n) is 10.9. The van der Waals surface area contributed by atoms with Crippen LogP contribution in [0, 0.1) is 0 Å². The summed E-state index contributed by atoms with van der Waals surface area (Å²) in [6, 6.07) is 7.72. The van der Waals surface area contributed by atoms with E-state index in [0.717, 1.165) is 0 Å². The minimum Gasteiger partial charge on any atom is -0.508 e. The van der Waals surface area contributed by atoms with Crippen molar-refractivity contribution in [3.05, 3.63) is 69.8 Å². The first-order chi connectivity index (χ1) is 15.5. The van der Waals surface area contributed by atoms with E-state index in [1.807, 2.05) is 13.8 Å². The second-order valence-corrected chi connectivity index (χ2v) is 8.98. The largest absolute Gasteiger partial charge is 0.508 e. The molecule has 1 aliphatic rings. The van der Waals surface area contributed by atoms with Crippen molar-refractivity contribution in [1.82, 2.24) is 0 Å². The third-order valence-corrected chi connectivity index (χ3v) is 6.65. The molecule has 0 saturated heterocycles. The number of alkyl halides is 3. The van der Waals surface area contributed by atoms with E-state index in [4.69, 9.17) is 4.42 Å². The molecule has 0 saturated carbocycles. The zero-order valence-electron chi connectivity index (χ0n) is 18.5. The van der Waals surface area contributed by atoms with Gasteiger partial charge in [-0.2, -0.15) is 13.2 Å². The number of aromatic hydroxyl groups is 1. The molecule has 2 aromatic carbocycles. The van der Waals surface area contributed by atoms with Crippen LogP contribution in [-0.4, -0.2) is 22.0 Å². The third kappa shape index (κ3) is 3.76. The molecule has 0 fully saturated rings. The van der Waals surface area contributed by atoms with Crippen LogP contribution in [0.4, 0.5) is 18.9 Å². The fourth-order valence-corrected chi connectivity index (χ4v) is 4.81. The van der Waals surface area contributed by atoms with E-state index in [-0.39, 0.29) is 28.3 Å². The minimum absolute atomic E-state index is 0.0509. The van der Waals surface area contributed by atoms with Crippen LogP contribution >= 0.6 is 0 Å². The van der Waals surface area contributed by atoms with E-state index in [9.17, 15) is 28.2 Å². The van der Waals surface area contributed by atoms with Crippen molar-refractivity contribution in [2.75, 3.05) is 5.32 Å². The highest BCUT2D eigenvalue weighted by atomic mass is 19.4. The number of rotatable bonds is 4. The van der Waals surface area contributed by atoms with Crippen LogP contribution in [0.5, 0.6) is 5.75 Å². The summed E-state index contributed by atoms with van der Waals surface area (Å²) in [7, 11) is 0. The van der Waals surface area contributed by atoms with Gasteiger partial charge in [0, 0.05) is 16.6 Å². The molecule has 0 radical (unpaired) electrons. The number of phenolic OH excluding ortho intramolecular Hbond substituents is 1. The first kappa shape index (κ1) is 23.2. The van der Waals surface area contributed by atoms with Gasteiger partial charge in [-0.05, 0) is 60.1 Å². The quantitative estimate of drug-likeness (QED) is 0.446. The smallest absolute Gasteiger partial charge is 0.419 e. The molecule has 3 atom stereocenters. The van der Waals surface area contributed by atoms with Gasteiger partial charge in [0.05, 0.1) is 17.7 Å². The summed E-state index contributed by atoms with van der Waals surface area (Å²) >= 11 is 0. The molecule has 1 heterocycles. The lowest BCUT2D eigenvalue weighted by molar-refractivity contribution is -0.272. The Bertz CT molecular complexity index is 1250. The van der Waals surface area contributed by atoms with Crippen LogP contribution in [0.2, 0.25) is 0 Å². The monoisotopic (exact) mass is 461 g/mol. The number of nitrogens with one attached hydrogen (secondary N) is 1. The van der Waals surface area contributed by atoms with E-state index < -0.39 is 35.8 Å². The Morgan fingerprint density at radius 3 is 2.58 bits per heavy atom. The van der Waals surface area contributed by atoms with Gasteiger partial charge in [-0.1, -0.05) is 32.9 Å². The molecule has 0 bridgehead atoms. The van der Waals surface area contributed by atoms with Crippen molar-refractivity contribution in [2.45, 2.75) is 63.3 Å². The molecule has 176 valence electrons. The van der Waals surface area contributed by atoms with Crippen molar-refractivity contribution in [1.29, 1.82) is 0 Å². The van der Waals surface area contributed by atoms with Gasteiger partial charge in [0.2, 0.25) is 0 Å². The lowest BCUT2D eigenvalue weighted by Gasteiger charge is -2.46. The molecule has 4 rings (SSSR count). The molecule has 1 aromatic heterocycles. The Morgan fingerprint density at radius 2 is 1.94 bits per heavy atom. The van der Waals surface area contributed by atoms with E-state index in [0.29, 0.717) is 22.9 Å². The number of halogens is 3. The average molecular weight is 461 g/mol. The van der Waals surface area contributed by atoms with E-state index in [2.05, 4.69) is 5.32 Å². The highest BCUT2D eigenvalue weighted by molar-refractivity contribution is 5.93. The zero-order valence-corrected chi connectivity index (χ0v) is 18.5. The number of hydrogen-bond acceptors (Lipinski definition) is 5. The maximum atomic E-state index is 14.4. The van der Waals surface area contributed by atoms with Gasteiger partial charge in [0.25, 0.3) is 0 Å². The molecule has 0 aliphatic heterocycles. The predicted molar refractivity (Wildman–Crippen MR) is 120 cm³/mol. The molecule has 8 heteroatoms. The summed E-state index contributed by atoms with van der Waals surface area (Å²) < 4.78 is 48.1. The molecule has 0 amide bonds. The summed E-state index contributed by atoms with van der Waals surface area (Å²) in [4.78, 5) is 12.1. The Kier molecular flexibility index (Phi) is 5.68. The minimum atomic E-state index is -4.94. The van der Waals surface area contributed by atoms with Gasteiger partial charge < -0.3 is 19.9 Å². The van der Waals surface area contributed by atoms with Crippen molar-refractivity contribution in [3.63, 3.8) is 0 Å². The molecule has 33 heavy (non-hydrogen) atoms. The van der Waals surface area contributed by atoms with Crippen LogP contribution in [-0.2, 0) is 0 Å². The second-order valence-electron chi connectivity index (χ2n) is 8.98. The van der Waals surface area contributed by atoms with Crippen LogP contribution < -0.4 is 10.9 Å². The summed E-state index contributed by atoms with van der Waals surface area (Å²) in [6.07, 6.45) is -4.04. The zero-order chi connectivity index (χ0) is 24.1. The SMILES string of the molecule is CC[C@@H]1C[C@](O)(C(F)(F)F)[C@@H](Nc2cccc3c(=O)occc23)c2cc(C(C)C)cc(O)c21. The van der Waals surface area contributed by atoms with Crippen molar-refractivity contribution in [2.24, 2.45) is 0 Å². The molecular formula is C25H26F3NO4. The Balaban J connectivity index is 1.98. The Hall–Kier alpha value is -3.00. The number of fused-ring (bicyclic) bond motifs is 2. The maximum Gasteiger partial charge on any atom is 0.419 e. The fourth-order valence-electron chi connectivity index (χ4n) is 4.81. The van der Waals surface area contributed by atoms with E-state index in [1.165, 1.54) is 24.5 Å². The van der Waals surface area contributed by atoms with Gasteiger partial charge in [-0.3, -0.25) is 0 Å². The highest BCUT2D eigenvalue weighted by Crippen LogP contribution is 2.55. The van der Waals surface area contributed by atoms with Crippen molar-refractivity contribution >= 4 is 16.5 Å². The number of anilines is 1. The average Bonchev–Trinajstić information content (AvgIpc) is 2.75. The van der Waals surface area contributed by atoms with Gasteiger partial charge in [0.1, 0.15) is 5.75 Å². The fraction of sp³-hybridized carbons (Fsp3) is 0.400. The number of phenols is 1. The number of hydrogen-bond donors (Lipinski definition) is 3. The summed E-state index contributed by atoms with van der Waals surface area (Å²) in [5.74, 6) is -0.798. The Labute approximate surface area is 188 Å². The van der Waals surface area contributed by atoms with Crippen molar-refractivity contribution in [3.8, 4) is 5.75 Å². The van der Waals surface area contributed by atoms with Crippen LogP contribution in [0.3, 0.4) is 0 Å². The summed E-state index contributed by atoms with van der Waals surface area (Å²) in [6.45, 7) is 5.49. The molecule has 1 aliphatic carbocycles. The van der Waals surface area contributed by atoms with Gasteiger partial charge in [0.15, 0.2) is 5.60 Å². The number of benzene rings is 2. The third-order valence-electron chi connectivity index (χ3n) is 6.65. The summed E-state index contributed by atoms with van der Waals surface area (Å²) in [5, 5.41) is 25.4. The molecule has 3 aromatic rings. The molecule has 0 unspecified atom stereocenters.